The Morgan fingerprint density at radius 2 is 1.86 bits per heavy atom. The molecule has 29 heavy (non-hydrogen) atoms. The van der Waals surface area contributed by atoms with Crippen LogP contribution in [0.4, 0.5) is 21.6 Å². The molecule has 3 rings (SSSR count). The number of nitro groups is 1. The minimum atomic E-state index is -0.870. The van der Waals surface area contributed by atoms with Crippen molar-refractivity contribution >= 4 is 23.1 Å². The zero-order valence-corrected chi connectivity index (χ0v) is 16.6. The van der Waals surface area contributed by atoms with E-state index in [0.717, 1.165) is 23.4 Å². The second kappa shape index (κ2) is 7.98. The first-order valence-corrected chi connectivity index (χ1v) is 9.30. The number of hydrogen-bond acceptors (Lipinski definition) is 7. The molecule has 0 aliphatic carbocycles. The number of carbonyl (C=O) groups excluding carboxylic acids is 1. The zero-order chi connectivity index (χ0) is 21.3. The summed E-state index contributed by atoms with van der Waals surface area (Å²) in [5.41, 5.74) is 5.51. The van der Waals surface area contributed by atoms with Crippen LogP contribution in [0.2, 0.25) is 0 Å². The van der Waals surface area contributed by atoms with E-state index in [0.29, 0.717) is 32.2 Å². The molecule has 1 aliphatic rings. The fourth-order valence-corrected chi connectivity index (χ4v) is 3.24. The van der Waals surface area contributed by atoms with E-state index in [9.17, 15) is 19.3 Å². The number of nitrogens with two attached hydrogens (primary N) is 1. The maximum absolute atomic E-state index is 13.8. The highest BCUT2D eigenvalue weighted by atomic mass is 19.1. The predicted molar refractivity (Wildman–Crippen MR) is 106 cm³/mol. The third-order valence-corrected chi connectivity index (χ3v) is 4.82. The van der Waals surface area contributed by atoms with E-state index in [2.05, 4.69) is 14.9 Å². The molecule has 1 aromatic carbocycles. The van der Waals surface area contributed by atoms with Crippen molar-refractivity contribution in [3.05, 3.63) is 51.2 Å². The standard InChI is InChI=1S/C19H23FN6O3/c1-11(2)18-22-12(3)8-16(23-18)24-4-6-25(7-5-24)19(27)14-9-13(20)10-15(17(14)21)26(28)29/h8-11H,4-7,21H2,1-3H3. The number of aromatic nitrogens is 2. The normalized spacial score (nSPS) is 14.4. The fraction of sp³-hybridized carbons (Fsp3) is 0.421. The number of nitro benzene ring substituents is 1. The molecular weight excluding hydrogens is 379 g/mol. The number of carbonyl (C=O) groups is 1. The molecule has 154 valence electrons. The SMILES string of the molecule is Cc1cc(N2CCN(C(=O)c3cc(F)cc([N+](=O)[O-])c3N)CC2)nc(C(C)C)n1. The zero-order valence-electron chi connectivity index (χ0n) is 16.6. The molecule has 0 spiro atoms. The van der Waals surface area contributed by atoms with E-state index >= 15 is 0 Å². The lowest BCUT2D eigenvalue weighted by Gasteiger charge is -2.35. The van der Waals surface area contributed by atoms with Gasteiger partial charge in [-0.15, -0.1) is 0 Å². The maximum atomic E-state index is 13.8. The molecule has 0 bridgehead atoms. The van der Waals surface area contributed by atoms with E-state index in [1.54, 1.807) is 0 Å². The van der Waals surface area contributed by atoms with Crippen LogP contribution in [-0.2, 0) is 0 Å². The Kier molecular flexibility index (Phi) is 5.62. The number of nitrogen functional groups attached to an aromatic ring is 1. The summed E-state index contributed by atoms with van der Waals surface area (Å²) in [5.74, 6) is 0.368. The summed E-state index contributed by atoms with van der Waals surface area (Å²) in [6.07, 6.45) is 0. The lowest BCUT2D eigenvalue weighted by Crippen LogP contribution is -2.49. The van der Waals surface area contributed by atoms with Gasteiger partial charge < -0.3 is 15.5 Å². The summed E-state index contributed by atoms with van der Waals surface area (Å²) in [6.45, 7) is 7.74. The van der Waals surface area contributed by atoms with E-state index < -0.39 is 22.3 Å². The molecule has 0 radical (unpaired) electrons. The van der Waals surface area contributed by atoms with Gasteiger partial charge in [-0.3, -0.25) is 14.9 Å². The van der Waals surface area contributed by atoms with E-state index in [4.69, 9.17) is 5.73 Å². The monoisotopic (exact) mass is 402 g/mol. The van der Waals surface area contributed by atoms with Crippen molar-refractivity contribution < 1.29 is 14.1 Å². The summed E-state index contributed by atoms with van der Waals surface area (Å²) in [7, 11) is 0. The van der Waals surface area contributed by atoms with Gasteiger partial charge in [0.25, 0.3) is 11.6 Å². The molecular formula is C19H23FN6O3. The van der Waals surface area contributed by atoms with Crippen molar-refractivity contribution in [1.82, 2.24) is 14.9 Å². The van der Waals surface area contributed by atoms with Crippen LogP contribution in [0, 0.1) is 22.9 Å². The fourth-order valence-electron chi connectivity index (χ4n) is 3.24. The number of anilines is 2. The molecule has 1 fully saturated rings. The Morgan fingerprint density at radius 3 is 2.45 bits per heavy atom. The number of piperazine rings is 1. The Hall–Kier alpha value is -3.30. The smallest absolute Gasteiger partial charge is 0.295 e. The van der Waals surface area contributed by atoms with Gasteiger partial charge in [0.15, 0.2) is 0 Å². The molecule has 2 aromatic rings. The number of rotatable bonds is 4. The molecule has 9 nitrogen and oxygen atoms in total. The number of benzene rings is 1. The molecule has 10 heteroatoms. The average molecular weight is 402 g/mol. The van der Waals surface area contributed by atoms with Crippen LogP contribution in [0.3, 0.4) is 0 Å². The van der Waals surface area contributed by atoms with Crippen molar-refractivity contribution in [2.45, 2.75) is 26.7 Å². The van der Waals surface area contributed by atoms with Crippen LogP contribution in [0.1, 0.15) is 41.6 Å². The molecule has 1 aromatic heterocycles. The van der Waals surface area contributed by atoms with Gasteiger partial charge in [0.05, 0.1) is 16.6 Å². The van der Waals surface area contributed by atoms with Crippen LogP contribution in [0.25, 0.3) is 0 Å². The first kappa shape index (κ1) is 20.4. The minimum Gasteiger partial charge on any atom is -0.393 e. The number of hydrogen-bond donors (Lipinski definition) is 1. The van der Waals surface area contributed by atoms with Crippen LogP contribution in [0.15, 0.2) is 18.2 Å². The van der Waals surface area contributed by atoms with Crippen molar-refractivity contribution in [2.24, 2.45) is 0 Å². The van der Waals surface area contributed by atoms with Gasteiger partial charge in [0, 0.05) is 43.9 Å². The van der Waals surface area contributed by atoms with Crippen molar-refractivity contribution in [3.8, 4) is 0 Å². The van der Waals surface area contributed by atoms with Crippen LogP contribution in [0.5, 0.6) is 0 Å². The Bertz CT molecular complexity index is 957. The molecule has 2 heterocycles. The lowest BCUT2D eigenvalue weighted by molar-refractivity contribution is -0.384. The number of aryl methyl sites for hydroxylation is 1. The van der Waals surface area contributed by atoms with Gasteiger partial charge in [0.1, 0.15) is 23.1 Å². The number of halogens is 1. The third kappa shape index (κ3) is 4.25. The molecule has 1 amide bonds. The Labute approximate surface area is 167 Å². The van der Waals surface area contributed by atoms with Gasteiger partial charge in [-0.1, -0.05) is 13.8 Å². The van der Waals surface area contributed by atoms with Gasteiger partial charge in [0.2, 0.25) is 0 Å². The minimum absolute atomic E-state index is 0.190. The second-order valence-corrected chi connectivity index (χ2v) is 7.30. The molecule has 1 aliphatic heterocycles. The van der Waals surface area contributed by atoms with E-state index in [-0.39, 0.29) is 17.2 Å². The van der Waals surface area contributed by atoms with Gasteiger partial charge in [-0.2, -0.15) is 0 Å². The van der Waals surface area contributed by atoms with Crippen molar-refractivity contribution in [1.29, 1.82) is 0 Å². The highest BCUT2D eigenvalue weighted by molar-refractivity contribution is 6.01. The summed E-state index contributed by atoms with van der Waals surface area (Å²) >= 11 is 0. The summed E-state index contributed by atoms with van der Waals surface area (Å²) in [6, 6.07) is 3.56. The Balaban J connectivity index is 1.76. The quantitative estimate of drug-likeness (QED) is 0.474. The highest BCUT2D eigenvalue weighted by Crippen LogP contribution is 2.28. The predicted octanol–water partition coefficient (Wildman–Crippen LogP) is 2.50. The second-order valence-electron chi connectivity index (χ2n) is 7.30. The first-order valence-electron chi connectivity index (χ1n) is 9.30. The number of amides is 1. The Morgan fingerprint density at radius 1 is 1.21 bits per heavy atom. The van der Waals surface area contributed by atoms with Crippen LogP contribution in [-0.4, -0.2) is 51.9 Å². The summed E-state index contributed by atoms with van der Waals surface area (Å²) in [5, 5.41) is 11.0. The van der Waals surface area contributed by atoms with Crippen LogP contribution < -0.4 is 10.6 Å². The summed E-state index contributed by atoms with van der Waals surface area (Å²) < 4.78 is 13.8. The maximum Gasteiger partial charge on any atom is 0.295 e. The van der Waals surface area contributed by atoms with E-state index in [1.807, 2.05) is 26.8 Å². The average Bonchev–Trinajstić information content (AvgIpc) is 2.68. The van der Waals surface area contributed by atoms with E-state index in [1.165, 1.54) is 4.90 Å². The summed E-state index contributed by atoms with van der Waals surface area (Å²) in [4.78, 5) is 35.7. The number of nitrogens with zero attached hydrogens (tertiary/aromatic N) is 5. The highest BCUT2D eigenvalue weighted by Gasteiger charge is 2.28. The molecule has 1 saturated heterocycles. The largest absolute Gasteiger partial charge is 0.393 e. The molecule has 2 N–H and O–H groups in total. The van der Waals surface area contributed by atoms with Crippen LogP contribution >= 0.6 is 0 Å². The molecule has 0 atom stereocenters. The third-order valence-electron chi connectivity index (χ3n) is 4.82. The lowest BCUT2D eigenvalue weighted by atomic mass is 10.1. The van der Waals surface area contributed by atoms with Gasteiger partial charge >= 0.3 is 0 Å². The molecule has 0 saturated carbocycles. The molecule has 0 unspecified atom stereocenters. The first-order chi connectivity index (χ1) is 13.7. The van der Waals surface area contributed by atoms with Crippen molar-refractivity contribution in [2.75, 3.05) is 36.8 Å². The van der Waals surface area contributed by atoms with Gasteiger partial charge in [-0.05, 0) is 13.0 Å². The van der Waals surface area contributed by atoms with Gasteiger partial charge in [-0.25, -0.2) is 14.4 Å². The topological polar surface area (TPSA) is 118 Å². The van der Waals surface area contributed by atoms with Crippen molar-refractivity contribution in [3.63, 3.8) is 0 Å².